The molecule has 14 heavy (non-hydrogen) atoms. The molecule has 2 heteroatoms. The molecule has 0 bridgehead atoms. The smallest absolute Gasteiger partial charge is 0.0320 e. The van der Waals surface area contributed by atoms with Crippen molar-refractivity contribution in [2.45, 2.75) is 57.5 Å². The largest absolute Gasteiger partial charge is 0.314 e. The quantitative estimate of drug-likeness (QED) is 0.717. The second kappa shape index (κ2) is 5.13. The Kier molecular flexibility index (Phi) is 3.82. The summed E-state index contributed by atoms with van der Waals surface area (Å²) in [6.07, 6.45) is 8.63. The third kappa shape index (κ3) is 2.48. The van der Waals surface area contributed by atoms with Crippen LogP contribution < -0.4 is 10.6 Å². The predicted molar refractivity (Wildman–Crippen MR) is 60.4 cm³/mol. The lowest BCUT2D eigenvalue weighted by atomic mass is 9.82. The summed E-state index contributed by atoms with van der Waals surface area (Å²) in [6.45, 7) is 4.70. The summed E-state index contributed by atoms with van der Waals surface area (Å²) in [5.74, 6) is 0.967. The van der Waals surface area contributed by atoms with Crippen molar-refractivity contribution >= 4 is 0 Å². The lowest BCUT2D eigenvalue weighted by Gasteiger charge is -2.37. The van der Waals surface area contributed by atoms with Gasteiger partial charge in [-0.05, 0) is 25.2 Å². The number of rotatable bonds is 4. The van der Waals surface area contributed by atoms with Crippen LogP contribution in [-0.2, 0) is 0 Å². The van der Waals surface area contributed by atoms with Crippen molar-refractivity contribution in [3.05, 3.63) is 0 Å². The fourth-order valence-corrected chi connectivity index (χ4v) is 2.83. The van der Waals surface area contributed by atoms with Gasteiger partial charge in [-0.1, -0.05) is 26.2 Å². The van der Waals surface area contributed by atoms with Crippen LogP contribution in [-0.4, -0.2) is 25.2 Å². The Morgan fingerprint density at radius 2 is 1.93 bits per heavy atom. The van der Waals surface area contributed by atoms with Crippen molar-refractivity contribution in [3.63, 3.8) is 0 Å². The molecule has 2 rings (SSSR count). The highest BCUT2D eigenvalue weighted by molar-refractivity contribution is 4.87. The first kappa shape index (κ1) is 10.4. The zero-order chi connectivity index (χ0) is 9.80. The molecule has 1 aliphatic carbocycles. The van der Waals surface area contributed by atoms with Crippen LogP contribution in [0.4, 0.5) is 0 Å². The molecule has 2 nitrogen and oxygen atoms in total. The fourth-order valence-electron chi connectivity index (χ4n) is 2.83. The summed E-state index contributed by atoms with van der Waals surface area (Å²) in [4.78, 5) is 0. The molecule has 0 aromatic rings. The van der Waals surface area contributed by atoms with E-state index in [4.69, 9.17) is 0 Å². The van der Waals surface area contributed by atoms with Crippen LogP contribution in [0.2, 0.25) is 0 Å². The molecule has 82 valence electrons. The average molecular weight is 196 g/mol. The monoisotopic (exact) mass is 196 g/mol. The Hall–Kier alpha value is -0.0800. The Bertz CT molecular complexity index is 160. The highest BCUT2D eigenvalue weighted by Gasteiger charge is 2.26. The molecular formula is C12H24N2. The molecule has 1 saturated carbocycles. The first-order chi connectivity index (χ1) is 6.90. The van der Waals surface area contributed by atoms with Crippen LogP contribution in [0, 0.1) is 5.92 Å². The molecule has 2 fully saturated rings. The van der Waals surface area contributed by atoms with Gasteiger partial charge in [0.05, 0.1) is 0 Å². The van der Waals surface area contributed by atoms with Crippen LogP contribution in [0.15, 0.2) is 0 Å². The summed E-state index contributed by atoms with van der Waals surface area (Å²) in [5.41, 5.74) is 0. The lowest BCUT2D eigenvalue weighted by molar-refractivity contribution is 0.222. The van der Waals surface area contributed by atoms with Crippen LogP contribution in [0.3, 0.4) is 0 Å². The van der Waals surface area contributed by atoms with Crippen molar-refractivity contribution in [2.75, 3.05) is 13.1 Å². The van der Waals surface area contributed by atoms with Gasteiger partial charge < -0.3 is 10.6 Å². The minimum absolute atomic E-state index is 0.766. The maximum absolute atomic E-state index is 3.81. The van der Waals surface area contributed by atoms with Crippen molar-refractivity contribution in [2.24, 2.45) is 5.92 Å². The lowest BCUT2D eigenvalue weighted by Crippen LogP contribution is -2.59. The van der Waals surface area contributed by atoms with E-state index in [1.54, 1.807) is 0 Å². The topological polar surface area (TPSA) is 24.1 Å². The molecule has 2 aliphatic rings. The fraction of sp³-hybridized carbons (Fsp3) is 1.00. The second-order valence-electron chi connectivity index (χ2n) is 4.93. The van der Waals surface area contributed by atoms with Gasteiger partial charge >= 0.3 is 0 Å². The van der Waals surface area contributed by atoms with Crippen molar-refractivity contribution < 1.29 is 0 Å². The van der Waals surface area contributed by atoms with Crippen molar-refractivity contribution in [1.82, 2.24) is 10.6 Å². The van der Waals surface area contributed by atoms with E-state index in [1.807, 2.05) is 0 Å². The Balaban J connectivity index is 1.77. The maximum Gasteiger partial charge on any atom is 0.0320 e. The van der Waals surface area contributed by atoms with E-state index >= 15 is 0 Å². The summed E-state index contributed by atoms with van der Waals surface area (Å²) >= 11 is 0. The molecule has 0 aromatic heterocycles. The summed E-state index contributed by atoms with van der Waals surface area (Å²) in [5, 5.41) is 7.14. The molecule has 1 heterocycles. The van der Waals surface area contributed by atoms with Gasteiger partial charge in [-0.3, -0.25) is 0 Å². The molecule has 0 amide bonds. The van der Waals surface area contributed by atoms with E-state index in [0.717, 1.165) is 18.0 Å². The van der Waals surface area contributed by atoms with Crippen LogP contribution in [0.25, 0.3) is 0 Å². The van der Waals surface area contributed by atoms with E-state index in [2.05, 4.69) is 17.6 Å². The summed E-state index contributed by atoms with van der Waals surface area (Å²) < 4.78 is 0. The maximum atomic E-state index is 3.81. The molecule has 0 radical (unpaired) electrons. The van der Waals surface area contributed by atoms with E-state index in [-0.39, 0.29) is 0 Å². The highest BCUT2D eigenvalue weighted by atomic mass is 15.1. The Morgan fingerprint density at radius 3 is 2.43 bits per heavy atom. The van der Waals surface area contributed by atoms with Gasteiger partial charge in [-0.2, -0.15) is 0 Å². The van der Waals surface area contributed by atoms with Crippen molar-refractivity contribution in [3.8, 4) is 0 Å². The summed E-state index contributed by atoms with van der Waals surface area (Å²) in [6, 6.07) is 1.56. The van der Waals surface area contributed by atoms with E-state index in [0.29, 0.717) is 0 Å². The average Bonchev–Trinajstić information content (AvgIpc) is 2.18. The molecule has 2 N–H and O–H groups in total. The first-order valence-electron chi connectivity index (χ1n) is 6.37. The van der Waals surface area contributed by atoms with Crippen LogP contribution in [0.1, 0.15) is 45.4 Å². The molecule has 1 atom stereocenters. The molecule has 0 aromatic carbocycles. The van der Waals surface area contributed by atoms with Crippen LogP contribution >= 0.6 is 0 Å². The standard InChI is InChI=1S/C12H24N2/c1-2-12(14-11-8-13-9-11)10-6-4-3-5-7-10/h10-14H,2-9H2,1H3. The third-order valence-electron chi connectivity index (χ3n) is 3.89. The molecule has 1 unspecified atom stereocenters. The Morgan fingerprint density at radius 1 is 1.21 bits per heavy atom. The zero-order valence-corrected chi connectivity index (χ0v) is 9.39. The molecule has 1 aliphatic heterocycles. The van der Waals surface area contributed by atoms with E-state index in [9.17, 15) is 0 Å². The second-order valence-corrected chi connectivity index (χ2v) is 4.93. The van der Waals surface area contributed by atoms with Crippen molar-refractivity contribution in [1.29, 1.82) is 0 Å². The normalized spacial score (nSPS) is 27.2. The molecule has 0 spiro atoms. The van der Waals surface area contributed by atoms with Gasteiger partial charge in [-0.15, -0.1) is 0 Å². The number of hydrogen-bond donors (Lipinski definition) is 2. The van der Waals surface area contributed by atoms with Gasteiger partial charge in [0.1, 0.15) is 0 Å². The minimum Gasteiger partial charge on any atom is -0.314 e. The molecule has 1 saturated heterocycles. The van der Waals surface area contributed by atoms with Gasteiger partial charge in [0, 0.05) is 25.2 Å². The minimum atomic E-state index is 0.766. The summed E-state index contributed by atoms with van der Waals surface area (Å²) in [7, 11) is 0. The van der Waals surface area contributed by atoms with Gasteiger partial charge in [0.25, 0.3) is 0 Å². The van der Waals surface area contributed by atoms with Crippen LogP contribution in [0.5, 0.6) is 0 Å². The van der Waals surface area contributed by atoms with E-state index in [1.165, 1.54) is 51.6 Å². The Labute approximate surface area is 87.8 Å². The number of hydrogen-bond acceptors (Lipinski definition) is 2. The first-order valence-corrected chi connectivity index (χ1v) is 6.37. The SMILES string of the molecule is CCC(NC1CNC1)C1CCCCC1. The zero-order valence-electron chi connectivity index (χ0n) is 9.39. The van der Waals surface area contributed by atoms with Gasteiger partial charge in [0.15, 0.2) is 0 Å². The van der Waals surface area contributed by atoms with Gasteiger partial charge in [-0.25, -0.2) is 0 Å². The predicted octanol–water partition coefficient (Wildman–Crippen LogP) is 1.91. The third-order valence-corrected chi connectivity index (χ3v) is 3.89. The van der Waals surface area contributed by atoms with E-state index < -0.39 is 0 Å². The molecular weight excluding hydrogens is 172 g/mol. The van der Waals surface area contributed by atoms with Gasteiger partial charge in [0.2, 0.25) is 0 Å². The highest BCUT2D eigenvalue weighted by Crippen LogP contribution is 2.28. The number of nitrogens with one attached hydrogen (secondary N) is 2.